The number of benzene rings is 1. The van der Waals surface area contributed by atoms with Crippen molar-refractivity contribution in [3.8, 4) is 0 Å². The Bertz CT molecular complexity index is 940. The maximum Gasteiger partial charge on any atom is 0.261 e. The van der Waals surface area contributed by atoms with E-state index in [1.54, 1.807) is 34.0 Å². The molecule has 2 aromatic heterocycles. The number of rotatable bonds is 3. The minimum absolute atomic E-state index is 0.00748. The fraction of sp³-hybridized carbons (Fsp3) is 0.333. The van der Waals surface area contributed by atoms with E-state index < -0.39 is 0 Å². The van der Waals surface area contributed by atoms with Gasteiger partial charge in [-0.3, -0.25) is 18.8 Å². The van der Waals surface area contributed by atoms with E-state index in [2.05, 4.69) is 10.1 Å². The van der Waals surface area contributed by atoms with Crippen molar-refractivity contribution in [3.63, 3.8) is 0 Å². The van der Waals surface area contributed by atoms with Crippen LogP contribution in [0.4, 0.5) is 0 Å². The Balaban J connectivity index is 1.46. The number of fused-ring (bicyclic) bond motifs is 1. The lowest BCUT2D eigenvalue weighted by Crippen LogP contribution is -2.42. The Morgan fingerprint density at radius 1 is 1.16 bits per heavy atom. The summed E-state index contributed by atoms with van der Waals surface area (Å²) in [7, 11) is 0. The van der Waals surface area contributed by atoms with E-state index in [1.165, 1.54) is 0 Å². The third-order valence-electron chi connectivity index (χ3n) is 4.76. The molecule has 1 aliphatic rings. The molecule has 3 heterocycles. The molecule has 0 spiro atoms. The third-order valence-corrected chi connectivity index (χ3v) is 4.76. The zero-order chi connectivity index (χ0) is 17.2. The predicted molar refractivity (Wildman–Crippen MR) is 93.1 cm³/mol. The van der Waals surface area contributed by atoms with Crippen molar-refractivity contribution in [2.75, 3.05) is 13.1 Å². The van der Waals surface area contributed by atoms with Gasteiger partial charge in [0.25, 0.3) is 5.56 Å². The van der Waals surface area contributed by atoms with E-state index in [1.807, 2.05) is 29.2 Å². The predicted octanol–water partition coefficient (Wildman–Crippen LogP) is 1.46. The van der Waals surface area contributed by atoms with Gasteiger partial charge in [0.2, 0.25) is 5.91 Å². The maximum absolute atomic E-state index is 12.7. The number of carbonyl (C=O) groups excluding carboxylic acids is 1. The Labute approximate surface area is 144 Å². The highest BCUT2D eigenvalue weighted by Crippen LogP contribution is 2.21. The Morgan fingerprint density at radius 2 is 1.96 bits per heavy atom. The van der Waals surface area contributed by atoms with E-state index in [0.717, 1.165) is 18.4 Å². The molecule has 128 valence electrons. The summed E-state index contributed by atoms with van der Waals surface area (Å²) < 4.78 is 3.35. The molecule has 0 unspecified atom stereocenters. The van der Waals surface area contributed by atoms with Gasteiger partial charge >= 0.3 is 0 Å². The molecular formula is C18H19N5O2. The molecule has 7 nitrogen and oxygen atoms in total. The summed E-state index contributed by atoms with van der Waals surface area (Å²) in [5, 5.41) is 4.71. The van der Waals surface area contributed by atoms with Crippen LogP contribution in [0.1, 0.15) is 18.9 Å². The molecule has 1 aliphatic heterocycles. The molecule has 4 rings (SSSR count). The summed E-state index contributed by atoms with van der Waals surface area (Å²) >= 11 is 0. The number of nitrogens with zero attached hydrogens (tertiary/aromatic N) is 5. The third kappa shape index (κ3) is 3.05. The first-order chi connectivity index (χ1) is 12.2. The van der Waals surface area contributed by atoms with E-state index in [-0.39, 0.29) is 24.1 Å². The highest BCUT2D eigenvalue weighted by atomic mass is 16.2. The van der Waals surface area contributed by atoms with Crippen molar-refractivity contribution in [2.45, 2.75) is 25.4 Å². The minimum atomic E-state index is -0.00748. The number of para-hydroxylation sites is 1. The second-order valence-electron chi connectivity index (χ2n) is 6.29. The van der Waals surface area contributed by atoms with Crippen LogP contribution in [0, 0.1) is 0 Å². The molecular weight excluding hydrogens is 318 g/mol. The highest BCUT2D eigenvalue weighted by molar-refractivity contribution is 5.77. The number of carbonyl (C=O) groups is 1. The van der Waals surface area contributed by atoms with Crippen molar-refractivity contribution in [1.82, 2.24) is 24.2 Å². The number of aromatic nitrogens is 4. The summed E-state index contributed by atoms with van der Waals surface area (Å²) in [5.41, 5.74) is 0.711. The summed E-state index contributed by atoms with van der Waals surface area (Å²) in [5.74, 6) is 0.0612. The van der Waals surface area contributed by atoms with Gasteiger partial charge in [-0.2, -0.15) is 5.10 Å². The van der Waals surface area contributed by atoms with Crippen LogP contribution in [0.25, 0.3) is 10.9 Å². The SMILES string of the molecule is O=C(Cn1cccn1)N1CCC(n2cnc3ccccc3c2=O)CC1. The van der Waals surface area contributed by atoms with Gasteiger partial charge in [-0.15, -0.1) is 0 Å². The summed E-state index contributed by atoms with van der Waals surface area (Å²) in [6.07, 6.45) is 6.59. The van der Waals surface area contributed by atoms with Crippen molar-refractivity contribution < 1.29 is 4.79 Å². The van der Waals surface area contributed by atoms with Crippen molar-refractivity contribution in [3.05, 3.63) is 59.4 Å². The van der Waals surface area contributed by atoms with Crippen molar-refractivity contribution in [2.24, 2.45) is 0 Å². The standard InChI is InChI=1S/C18H19N5O2/c24-17(12-22-9-3-8-20-22)21-10-6-14(7-11-21)23-13-19-16-5-2-1-4-15(16)18(23)25/h1-5,8-9,13-14H,6-7,10-12H2. The smallest absolute Gasteiger partial charge is 0.261 e. The topological polar surface area (TPSA) is 73.0 Å². The molecule has 0 atom stereocenters. The molecule has 0 radical (unpaired) electrons. The molecule has 1 fully saturated rings. The zero-order valence-corrected chi connectivity index (χ0v) is 13.8. The summed E-state index contributed by atoms with van der Waals surface area (Å²) in [6.45, 7) is 1.54. The molecule has 25 heavy (non-hydrogen) atoms. The van der Waals surface area contributed by atoms with Crippen LogP contribution in [-0.2, 0) is 11.3 Å². The van der Waals surface area contributed by atoms with E-state index in [9.17, 15) is 9.59 Å². The fourth-order valence-corrected chi connectivity index (χ4v) is 3.37. The Morgan fingerprint density at radius 3 is 2.72 bits per heavy atom. The van der Waals surface area contributed by atoms with Gasteiger partial charge in [-0.25, -0.2) is 4.98 Å². The summed E-state index contributed by atoms with van der Waals surface area (Å²) in [6, 6.07) is 9.27. The van der Waals surface area contributed by atoms with Crippen LogP contribution in [0.5, 0.6) is 0 Å². The first kappa shape index (κ1) is 15.6. The quantitative estimate of drug-likeness (QED) is 0.725. The summed E-state index contributed by atoms with van der Waals surface area (Å²) in [4.78, 5) is 31.3. The molecule has 0 bridgehead atoms. The van der Waals surface area contributed by atoms with Crippen LogP contribution >= 0.6 is 0 Å². The molecule has 0 N–H and O–H groups in total. The van der Waals surface area contributed by atoms with Gasteiger partial charge in [0.15, 0.2) is 0 Å². The monoisotopic (exact) mass is 337 g/mol. The van der Waals surface area contributed by atoms with Gasteiger partial charge < -0.3 is 4.90 Å². The van der Waals surface area contributed by atoms with Crippen LogP contribution in [-0.4, -0.2) is 43.2 Å². The Kier molecular flexibility index (Phi) is 4.05. The molecule has 0 aliphatic carbocycles. The second kappa shape index (κ2) is 6.51. The van der Waals surface area contributed by atoms with Crippen LogP contribution in [0.15, 0.2) is 53.8 Å². The van der Waals surface area contributed by atoms with Gasteiger partial charge in [0.05, 0.1) is 17.2 Å². The van der Waals surface area contributed by atoms with Crippen molar-refractivity contribution >= 4 is 16.8 Å². The minimum Gasteiger partial charge on any atom is -0.341 e. The average Bonchev–Trinajstić information content (AvgIpc) is 3.15. The van der Waals surface area contributed by atoms with Crippen LogP contribution in [0.2, 0.25) is 0 Å². The fourth-order valence-electron chi connectivity index (χ4n) is 3.37. The Hall–Kier alpha value is -2.96. The lowest BCUT2D eigenvalue weighted by molar-refractivity contribution is -0.133. The van der Waals surface area contributed by atoms with E-state index in [4.69, 9.17) is 0 Å². The van der Waals surface area contributed by atoms with E-state index >= 15 is 0 Å². The number of likely N-dealkylation sites (tertiary alicyclic amines) is 1. The lowest BCUT2D eigenvalue weighted by atomic mass is 10.0. The molecule has 0 saturated carbocycles. The normalized spacial score (nSPS) is 15.6. The maximum atomic E-state index is 12.7. The number of piperidine rings is 1. The first-order valence-electron chi connectivity index (χ1n) is 8.43. The first-order valence-corrected chi connectivity index (χ1v) is 8.43. The van der Waals surface area contributed by atoms with Gasteiger partial charge in [-0.1, -0.05) is 12.1 Å². The number of amides is 1. The van der Waals surface area contributed by atoms with Crippen LogP contribution < -0.4 is 5.56 Å². The van der Waals surface area contributed by atoms with Crippen LogP contribution in [0.3, 0.4) is 0 Å². The average molecular weight is 337 g/mol. The van der Waals surface area contributed by atoms with Crippen molar-refractivity contribution in [1.29, 1.82) is 0 Å². The largest absolute Gasteiger partial charge is 0.341 e. The van der Waals surface area contributed by atoms with Gasteiger partial charge in [0.1, 0.15) is 6.54 Å². The zero-order valence-electron chi connectivity index (χ0n) is 13.8. The molecule has 7 heteroatoms. The highest BCUT2D eigenvalue weighted by Gasteiger charge is 2.25. The molecule has 3 aromatic rings. The lowest BCUT2D eigenvalue weighted by Gasteiger charge is -2.32. The number of hydrogen-bond acceptors (Lipinski definition) is 4. The second-order valence-corrected chi connectivity index (χ2v) is 6.29. The number of hydrogen-bond donors (Lipinski definition) is 0. The molecule has 1 aromatic carbocycles. The van der Waals surface area contributed by atoms with Gasteiger partial charge in [-0.05, 0) is 31.0 Å². The molecule has 1 saturated heterocycles. The molecule has 1 amide bonds. The van der Waals surface area contributed by atoms with E-state index in [0.29, 0.717) is 18.5 Å². The van der Waals surface area contributed by atoms with Gasteiger partial charge in [0, 0.05) is 31.5 Å².